The molecular weight excluding hydrogens is 252 g/mol. The van der Waals surface area contributed by atoms with E-state index in [1.165, 1.54) is 7.11 Å². The van der Waals surface area contributed by atoms with Gasteiger partial charge in [0, 0.05) is 0 Å². The molecule has 0 N–H and O–H groups in total. The van der Waals surface area contributed by atoms with Gasteiger partial charge in [-0.05, 0) is 35.7 Å². The van der Waals surface area contributed by atoms with E-state index < -0.39 is 0 Å². The number of methoxy groups -OCH3 is 2. The van der Waals surface area contributed by atoms with E-state index in [4.69, 9.17) is 9.47 Å². The van der Waals surface area contributed by atoms with Gasteiger partial charge < -0.3 is 9.47 Å². The fourth-order valence-electron chi connectivity index (χ4n) is 2.11. The first-order valence-electron chi connectivity index (χ1n) is 6.41. The van der Waals surface area contributed by atoms with Crippen LogP contribution >= 0.6 is 0 Å². The largest absolute Gasteiger partial charge is 0.497 e. The Hall–Kier alpha value is -2.29. The molecule has 3 heteroatoms. The first kappa shape index (κ1) is 14.1. The van der Waals surface area contributed by atoms with Crippen molar-refractivity contribution in [3.63, 3.8) is 0 Å². The summed E-state index contributed by atoms with van der Waals surface area (Å²) in [5.74, 6) is 0.225. The number of carbonyl (C=O) groups excluding carboxylic acids is 1. The molecule has 2 rings (SSSR count). The van der Waals surface area contributed by atoms with E-state index in [0.29, 0.717) is 6.42 Å². The molecule has 0 spiro atoms. The molecule has 0 aliphatic heterocycles. The second-order valence-corrected chi connectivity index (χ2v) is 4.46. The smallest absolute Gasteiger partial charge is 0.313 e. The Bertz CT molecular complexity index is 546. The van der Waals surface area contributed by atoms with Crippen LogP contribution in [-0.4, -0.2) is 20.2 Å². The van der Waals surface area contributed by atoms with Gasteiger partial charge in [-0.3, -0.25) is 4.79 Å². The van der Waals surface area contributed by atoms with E-state index in [1.807, 2.05) is 48.5 Å². The monoisotopic (exact) mass is 269 g/mol. The summed E-state index contributed by atoms with van der Waals surface area (Å²) in [5, 5.41) is 0. The Morgan fingerprint density at radius 1 is 1.10 bits per heavy atom. The van der Waals surface area contributed by atoms with Crippen molar-refractivity contribution in [1.82, 2.24) is 0 Å². The Morgan fingerprint density at radius 2 is 1.75 bits per heavy atom. The van der Waals surface area contributed by atoms with Crippen molar-refractivity contribution in [1.29, 1.82) is 0 Å². The van der Waals surface area contributed by atoms with Gasteiger partial charge in [-0.1, -0.05) is 36.4 Å². The van der Waals surface area contributed by atoms with Crippen LogP contribution in [0.2, 0.25) is 0 Å². The number of carbonyl (C=O) groups is 1. The van der Waals surface area contributed by atoms with E-state index >= 15 is 0 Å². The maximum absolute atomic E-state index is 12.0. The highest BCUT2D eigenvalue weighted by Crippen LogP contribution is 2.24. The summed E-state index contributed by atoms with van der Waals surface area (Å²) in [5.41, 5.74) is 2.00. The lowest BCUT2D eigenvalue weighted by atomic mass is 9.92. The lowest BCUT2D eigenvalue weighted by molar-refractivity contribution is -0.142. The van der Waals surface area contributed by atoms with Crippen LogP contribution < -0.4 is 4.74 Å². The minimum atomic E-state index is -0.312. The molecule has 0 heterocycles. The number of benzene rings is 2. The molecule has 0 aliphatic rings. The van der Waals surface area contributed by atoms with Gasteiger partial charge in [-0.25, -0.2) is 0 Å². The van der Waals surface area contributed by atoms with Crippen molar-refractivity contribution in [2.75, 3.05) is 14.2 Å². The van der Waals surface area contributed by atoms with Crippen LogP contribution in [0.3, 0.4) is 0 Å². The molecule has 103 valence electrons. The zero-order chi connectivity index (χ0) is 14.4. The Balaban J connectivity index is 2.25. The fraction of sp³-hybridized carbons (Fsp3) is 0.235. The van der Waals surface area contributed by atoms with E-state index in [-0.39, 0.29) is 11.9 Å². The van der Waals surface area contributed by atoms with E-state index in [0.717, 1.165) is 16.9 Å². The summed E-state index contributed by atoms with van der Waals surface area (Å²) in [6.45, 7) is 0. The van der Waals surface area contributed by atoms with Gasteiger partial charge in [0.25, 0.3) is 0 Å². The molecular formula is C17H17O3. The molecule has 1 radical (unpaired) electrons. The van der Waals surface area contributed by atoms with E-state index in [9.17, 15) is 4.79 Å². The molecule has 1 unspecified atom stereocenters. The normalized spacial score (nSPS) is 11.7. The second kappa shape index (κ2) is 6.75. The van der Waals surface area contributed by atoms with Crippen molar-refractivity contribution in [2.24, 2.45) is 0 Å². The third-order valence-corrected chi connectivity index (χ3v) is 3.23. The van der Waals surface area contributed by atoms with Gasteiger partial charge in [0.2, 0.25) is 0 Å². The molecule has 0 fully saturated rings. The van der Waals surface area contributed by atoms with Crippen LogP contribution in [0.15, 0.2) is 48.5 Å². The summed E-state index contributed by atoms with van der Waals surface area (Å²) in [7, 11) is 3.03. The summed E-state index contributed by atoms with van der Waals surface area (Å²) in [4.78, 5) is 12.0. The summed E-state index contributed by atoms with van der Waals surface area (Å²) in [6, 6.07) is 18.1. The summed E-state index contributed by atoms with van der Waals surface area (Å²) < 4.78 is 10.1. The second-order valence-electron chi connectivity index (χ2n) is 4.46. The van der Waals surface area contributed by atoms with Crippen molar-refractivity contribution >= 4 is 5.97 Å². The van der Waals surface area contributed by atoms with Gasteiger partial charge in [0.05, 0.1) is 20.1 Å². The van der Waals surface area contributed by atoms with Gasteiger partial charge in [-0.15, -0.1) is 0 Å². The molecule has 1 atom stereocenters. The maximum Gasteiger partial charge on any atom is 0.313 e. The first-order valence-corrected chi connectivity index (χ1v) is 6.41. The van der Waals surface area contributed by atoms with Crippen LogP contribution in [0.25, 0.3) is 0 Å². The number of esters is 1. The van der Waals surface area contributed by atoms with Crippen molar-refractivity contribution in [3.05, 3.63) is 65.7 Å². The molecule has 0 aromatic heterocycles. The molecule has 0 saturated heterocycles. The number of hydrogen-bond acceptors (Lipinski definition) is 3. The zero-order valence-electron chi connectivity index (χ0n) is 11.6. The SMILES string of the molecule is COC(=O)C(Cc1cc[c]cc1)c1ccc(OC)cc1. The van der Waals surface area contributed by atoms with Crippen LogP contribution in [-0.2, 0) is 16.0 Å². The van der Waals surface area contributed by atoms with Crippen LogP contribution in [0.5, 0.6) is 5.75 Å². The maximum atomic E-state index is 12.0. The van der Waals surface area contributed by atoms with Gasteiger partial charge in [0.1, 0.15) is 5.75 Å². The first-order chi connectivity index (χ1) is 9.74. The molecule has 0 aliphatic carbocycles. The lowest BCUT2D eigenvalue weighted by Crippen LogP contribution is -2.16. The van der Waals surface area contributed by atoms with E-state index in [1.54, 1.807) is 7.11 Å². The third-order valence-electron chi connectivity index (χ3n) is 3.23. The van der Waals surface area contributed by atoms with Gasteiger partial charge in [0.15, 0.2) is 0 Å². The number of ether oxygens (including phenoxy) is 2. The Kier molecular flexibility index (Phi) is 4.77. The molecule has 3 nitrogen and oxygen atoms in total. The van der Waals surface area contributed by atoms with Crippen molar-refractivity contribution < 1.29 is 14.3 Å². The van der Waals surface area contributed by atoms with Gasteiger partial charge in [-0.2, -0.15) is 0 Å². The molecule has 20 heavy (non-hydrogen) atoms. The summed E-state index contributed by atoms with van der Waals surface area (Å²) in [6.07, 6.45) is 0.605. The number of hydrogen-bond donors (Lipinski definition) is 0. The average Bonchev–Trinajstić information content (AvgIpc) is 2.53. The predicted molar refractivity (Wildman–Crippen MR) is 76.7 cm³/mol. The fourth-order valence-corrected chi connectivity index (χ4v) is 2.11. The molecule has 0 saturated carbocycles. The average molecular weight is 269 g/mol. The van der Waals surface area contributed by atoms with Crippen molar-refractivity contribution in [3.8, 4) is 5.75 Å². The topological polar surface area (TPSA) is 35.5 Å². The Morgan fingerprint density at radius 3 is 2.30 bits per heavy atom. The standard InChI is InChI=1S/C17H17O3/c1-19-15-10-8-14(9-11-15)16(17(18)20-2)12-13-6-4-3-5-7-13/h4-11,16H,12H2,1-2H3. The highest BCUT2D eigenvalue weighted by molar-refractivity contribution is 5.78. The Labute approximate surface area is 119 Å². The molecule has 2 aromatic rings. The molecule has 0 amide bonds. The number of rotatable bonds is 5. The van der Waals surface area contributed by atoms with Crippen LogP contribution in [0, 0.1) is 6.07 Å². The predicted octanol–water partition coefficient (Wildman–Crippen LogP) is 2.99. The van der Waals surface area contributed by atoms with Crippen molar-refractivity contribution in [2.45, 2.75) is 12.3 Å². The lowest BCUT2D eigenvalue weighted by Gasteiger charge is -2.15. The minimum absolute atomic E-state index is 0.233. The quantitative estimate of drug-likeness (QED) is 0.783. The van der Waals surface area contributed by atoms with Gasteiger partial charge >= 0.3 is 5.97 Å². The summed E-state index contributed by atoms with van der Waals surface area (Å²) >= 11 is 0. The van der Waals surface area contributed by atoms with Crippen LogP contribution in [0.1, 0.15) is 17.0 Å². The zero-order valence-corrected chi connectivity index (χ0v) is 11.6. The third kappa shape index (κ3) is 3.38. The van der Waals surface area contributed by atoms with E-state index in [2.05, 4.69) is 6.07 Å². The minimum Gasteiger partial charge on any atom is -0.497 e. The molecule has 0 bridgehead atoms. The molecule has 2 aromatic carbocycles. The highest BCUT2D eigenvalue weighted by atomic mass is 16.5. The van der Waals surface area contributed by atoms with Crippen LogP contribution in [0.4, 0.5) is 0 Å². The highest BCUT2D eigenvalue weighted by Gasteiger charge is 2.21.